The zero-order valence-electron chi connectivity index (χ0n) is 22.5. The van der Waals surface area contributed by atoms with Crippen LogP contribution in [-0.4, -0.2) is 11.1 Å². The summed E-state index contributed by atoms with van der Waals surface area (Å²) < 4.78 is 0. The Morgan fingerprint density at radius 2 is 0.656 bits per heavy atom. The van der Waals surface area contributed by atoms with E-state index in [1.165, 1.54) is 122 Å². The van der Waals surface area contributed by atoms with E-state index in [0.29, 0.717) is 0 Å². The molecule has 0 aliphatic rings. The van der Waals surface area contributed by atoms with Crippen molar-refractivity contribution in [3.8, 4) is 0 Å². The third kappa shape index (κ3) is 18.0. The van der Waals surface area contributed by atoms with Crippen LogP contribution in [0.3, 0.4) is 0 Å². The molecule has 0 bridgehead atoms. The van der Waals surface area contributed by atoms with Crippen molar-refractivity contribution in [2.24, 2.45) is 5.41 Å². The Morgan fingerprint density at radius 3 is 0.906 bits per heavy atom. The summed E-state index contributed by atoms with van der Waals surface area (Å²) in [5.41, 5.74) is -0.447. The maximum absolute atomic E-state index is 12.4. The fourth-order valence-electron chi connectivity index (χ4n) is 5.13. The predicted molar refractivity (Wildman–Crippen MR) is 143 cm³/mol. The molecule has 1 N–H and O–H groups in total. The van der Waals surface area contributed by atoms with E-state index >= 15 is 0 Å². The number of carbonyl (C=O) groups is 1. The lowest BCUT2D eigenvalue weighted by atomic mass is 9.74. The van der Waals surface area contributed by atoms with Crippen molar-refractivity contribution < 1.29 is 9.90 Å². The summed E-state index contributed by atoms with van der Waals surface area (Å²) in [6.45, 7) is 6.76. The second kappa shape index (κ2) is 23.6. The molecule has 0 aromatic rings. The average molecular weight is 453 g/mol. The molecule has 1 atom stereocenters. The summed E-state index contributed by atoms with van der Waals surface area (Å²) in [6, 6.07) is 0. The second-order valence-corrected chi connectivity index (χ2v) is 10.6. The van der Waals surface area contributed by atoms with Crippen LogP contribution in [-0.2, 0) is 4.79 Å². The molecule has 0 radical (unpaired) electrons. The van der Waals surface area contributed by atoms with Crippen LogP contribution in [0, 0.1) is 5.41 Å². The molecule has 0 heterocycles. The first kappa shape index (κ1) is 31.5. The molecule has 0 aliphatic heterocycles. The topological polar surface area (TPSA) is 37.3 Å². The van der Waals surface area contributed by atoms with Gasteiger partial charge in [-0.1, -0.05) is 162 Å². The van der Waals surface area contributed by atoms with Gasteiger partial charge in [0.25, 0.3) is 0 Å². The van der Waals surface area contributed by atoms with Crippen LogP contribution < -0.4 is 0 Å². The molecule has 0 saturated carbocycles. The first-order chi connectivity index (χ1) is 15.6. The van der Waals surface area contributed by atoms with E-state index in [1.54, 1.807) is 0 Å². The molecular formula is C30H60O2. The van der Waals surface area contributed by atoms with Gasteiger partial charge in [-0.2, -0.15) is 0 Å². The Kier molecular flexibility index (Phi) is 23.2. The Labute approximate surface area is 202 Å². The molecule has 0 spiro atoms. The van der Waals surface area contributed by atoms with Crippen LogP contribution in [0.25, 0.3) is 0 Å². The Hall–Kier alpha value is -0.530. The van der Waals surface area contributed by atoms with Crippen molar-refractivity contribution in [1.29, 1.82) is 0 Å². The molecule has 2 heteroatoms. The third-order valence-corrected chi connectivity index (χ3v) is 7.48. The first-order valence-electron chi connectivity index (χ1n) is 14.9. The minimum atomic E-state index is -0.509. The minimum absolute atomic E-state index is 0.447. The monoisotopic (exact) mass is 452 g/mol. The van der Waals surface area contributed by atoms with Crippen LogP contribution >= 0.6 is 0 Å². The Balaban J connectivity index is 4.19. The van der Waals surface area contributed by atoms with Crippen LogP contribution in [0.5, 0.6) is 0 Å². The van der Waals surface area contributed by atoms with E-state index in [-0.39, 0.29) is 0 Å². The van der Waals surface area contributed by atoms with E-state index in [2.05, 4.69) is 20.8 Å². The maximum Gasteiger partial charge on any atom is 0.309 e. The highest BCUT2D eigenvalue weighted by Gasteiger charge is 2.36. The van der Waals surface area contributed by atoms with Gasteiger partial charge < -0.3 is 5.11 Å². The highest BCUT2D eigenvalue weighted by atomic mass is 16.4. The van der Waals surface area contributed by atoms with E-state index < -0.39 is 11.4 Å². The summed E-state index contributed by atoms with van der Waals surface area (Å²) >= 11 is 0. The van der Waals surface area contributed by atoms with Gasteiger partial charge in [0, 0.05) is 0 Å². The average Bonchev–Trinajstić information content (AvgIpc) is 2.79. The smallest absolute Gasteiger partial charge is 0.309 e. The number of carboxylic acids is 1. The Bertz CT molecular complexity index is 392. The van der Waals surface area contributed by atoms with Crippen molar-refractivity contribution in [2.45, 2.75) is 181 Å². The molecule has 192 valence electrons. The lowest BCUT2D eigenvalue weighted by Crippen LogP contribution is -2.31. The molecule has 1 unspecified atom stereocenters. The van der Waals surface area contributed by atoms with Gasteiger partial charge in [-0.3, -0.25) is 4.79 Å². The molecule has 0 amide bonds. The SMILES string of the molecule is CCCCCCCCCCCCCCC(CCCCCC)(CCCCCCCC)C(=O)O. The summed E-state index contributed by atoms with van der Waals surface area (Å²) in [6.07, 6.45) is 31.0. The largest absolute Gasteiger partial charge is 0.481 e. The van der Waals surface area contributed by atoms with E-state index in [9.17, 15) is 9.90 Å². The minimum Gasteiger partial charge on any atom is -0.481 e. The van der Waals surface area contributed by atoms with Gasteiger partial charge in [-0.15, -0.1) is 0 Å². The summed E-state index contributed by atoms with van der Waals surface area (Å²) in [5, 5.41) is 10.2. The van der Waals surface area contributed by atoms with Crippen LogP contribution in [0.2, 0.25) is 0 Å². The number of rotatable bonds is 26. The van der Waals surface area contributed by atoms with Crippen molar-refractivity contribution in [2.75, 3.05) is 0 Å². The fraction of sp³-hybridized carbons (Fsp3) is 0.967. The van der Waals surface area contributed by atoms with Crippen molar-refractivity contribution in [3.63, 3.8) is 0 Å². The number of hydrogen-bond acceptors (Lipinski definition) is 1. The molecular weight excluding hydrogens is 392 g/mol. The van der Waals surface area contributed by atoms with Gasteiger partial charge in [0.1, 0.15) is 0 Å². The number of unbranched alkanes of at least 4 members (excludes halogenated alkanes) is 19. The molecule has 0 rings (SSSR count). The summed E-state index contributed by atoms with van der Waals surface area (Å²) in [7, 11) is 0. The molecule has 0 aliphatic carbocycles. The standard InChI is InChI=1S/C30H60O2/c1-4-7-10-13-15-16-17-18-19-20-22-25-28-30(29(31)32,26-23-12-9-6-3)27-24-21-14-11-8-5-2/h4-28H2,1-3H3,(H,31,32). The molecule has 0 saturated heterocycles. The first-order valence-corrected chi connectivity index (χ1v) is 14.9. The lowest BCUT2D eigenvalue weighted by molar-refractivity contribution is -0.150. The molecule has 0 aromatic heterocycles. The Morgan fingerprint density at radius 1 is 0.438 bits per heavy atom. The quantitative estimate of drug-likeness (QED) is 0.132. The molecule has 2 nitrogen and oxygen atoms in total. The zero-order valence-corrected chi connectivity index (χ0v) is 22.5. The van der Waals surface area contributed by atoms with Crippen molar-refractivity contribution in [1.82, 2.24) is 0 Å². The molecule has 32 heavy (non-hydrogen) atoms. The summed E-state index contributed by atoms with van der Waals surface area (Å²) in [4.78, 5) is 12.4. The van der Waals surface area contributed by atoms with Crippen LogP contribution in [0.1, 0.15) is 181 Å². The van der Waals surface area contributed by atoms with Crippen molar-refractivity contribution >= 4 is 5.97 Å². The van der Waals surface area contributed by atoms with Gasteiger partial charge in [-0.25, -0.2) is 0 Å². The van der Waals surface area contributed by atoms with Crippen LogP contribution in [0.15, 0.2) is 0 Å². The normalized spacial score (nSPS) is 13.3. The lowest BCUT2D eigenvalue weighted by Gasteiger charge is -2.30. The van der Waals surface area contributed by atoms with Crippen molar-refractivity contribution in [3.05, 3.63) is 0 Å². The van der Waals surface area contributed by atoms with E-state index in [1.807, 2.05) is 0 Å². The summed E-state index contributed by atoms with van der Waals surface area (Å²) in [5.74, 6) is -0.509. The van der Waals surface area contributed by atoms with E-state index in [4.69, 9.17) is 0 Å². The predicted octanol–water partition coefficient (Wildman–Crippen LogP) is 10.9. The number of carboxylic acid groups (broad SMARTS) is 1. The van der Waals surface area contributed by atoms with Gasteiger partial charge in [0.2, 0.25) is 0 Å². The second-order valence-electron chi connectivity index (χ2n) is 10.6. The van der Waals surface area contributed by atoms with Gasteiger partial charge in [-0.05, 0) is 19.3 Å². The molecule has 0 fully saturated rings. The third-order valence-electron chi connectivity index (χ3n) is 7.48. The zero-order chi connectivity index (χ0) is 23.8. The molecule has 0 aromatic carbocycles. The fourth-order valence-corrected chi connectivity index (χ4v) is 5.13. The highest BCUT2D eigenvalue weighted by molar-refractivity contribution is 5.74. The van der Waals surface area contributed by atoms with E-state index in [0.717, 1.165) is 38.5 Å². The van der Waals surface area contributed by atoms with Gasteiger partial charge in [0.05, 0.1) is 5.41 Å². The number of hydrogen-bond donors (Lipinski definition) is 1. The number of aliphatic carboxylic acids is 1. The van der Waals surface area contributed by atoms with Crippen LogP contribution in [0.4, 0.5) is 0 Å². The van der Waals surface area contributed by atoms with Gasteiger partial charge >= 0.3 is 5.97 Å². The highest BCUT2D eigenvalue weighted by Crippen LogP contribution is 2.38. The maximum atomic E-state index is 12.4. The van der Waals surface area contributed by atoms with Gasteiger partial charge in [0.15, 0.2) is 0 Å².